The number of hydrogen-bond acceptors (Lipinski definition) is 3. The number of rotatable bonds is 5. The topological polar surface area (TPSA) is 48.5 Å². The van der Waals surface area contributed by atoms with Crippen LogP contribution in [0.4, 0.5) is 0 Å². The van der Waals surface area contributed by atoms with Gasteiger partial charge in [-0.1, -0.05) is 109 Å². The van der Waals surface area contributed by atoms with Crippen molar-refractivity contribution in [2.45, 2.75) is 0 Å². The second kappa shape index (κ2) is 10.7. The molecule has 0 saturated heterocycles. The van der Waals surface area contributed by atoms with Crippen LogP contribution in [0.3, 0.4) is 0 Å². The third-order valence-corrected chi connectivity index (χ3v) is 8.57. The number of nitrogens with zero attached hydrogens (tertiary/aromatic N) is 5. The SMILES string of the molecule is c1ccc(-c2cc(-c3ccc(-n4c5ccccc5c5cc6nn(-c7ccccc7)cc6cc54)cc3)nc(-c3ccccc3)n2)cc1. The highest BCUT2D eigenvalue weighted by Crippen LogP contribution is 2.36. The Hall–Kier alpha value is -6.33. The summed E-state index contributed by atoms with van der Waals surface area (Å²) in [6, 6.07) is 54.5. The van der Waals surface area contributed by atoms with Gasteiger partial charge >= 0.3 is 0 Å². The Kier molecular flexibility index (Phi) is 6.06. The summed E-state index contributed by atoms with van der Waals surface area (Å²) in [4.78, 5) is 9.98. The van der Waals surface area contributed by atoms with Gasteiger partial charge in [-0.3, -0.25) is 0 Å². The van der Waals surface area contributed by atoms with Gasteiger partial charge in [0.1, 0.15) is 0 Å². The van der Waals surface area contributed by atoms with Crippen molar-refractivity contribution in [3.05, 3.63) is 164 Å². The van der Waals surface area contributed by atoms with E-state index in [0.29, 0.717) is 5.82 Å². The molecule has 9 rings (SSSR count). The molecular formula is C41H27N5. The van der Waals surface area contributed by atoms with E-state index in [-0.39, 0.29) is 0 Å². The molecule has 0 spiro atoms. The molecule has 0 fully saturated rings. The molecule has 6 aromatic carbocycles. The van der Waals surface area contributed by atoms with Gasteiger partial charge < -0.3 is 4.57 Å². The molecule has 3 heterocycles. The number of fused-ring (bicyclic) bond motifs is 4. The monoisotopic (exact) mass is 589 g/mol. The molecule has 5 heteroatoms. The van der Waals surface area contributed by atoms with Gasteiger partial charge in [0.2, 0.25) is 0 Å². The largest absolute Gasteiger partial charge is 0.309 e. The molecule has 5 nitrogen and oxygen atoms in total. The van der Waals surface area contributed by atoms with Crippen LogP contribution in [0.1, 0.15) is 0 Å². The molecule has 0 amide bonds. The van der Waals surface area contributed by atoms with Crippen LogP contribution < -0.4 is 0 Å². The lowest BCUT2D eigenvalue weighted by Gasteiger charge is -2.11. The van der Waals surface area contributed by atoms with Crippen LogP contribution >= 0.6 is 0 Å². The molecule has 0 saturated carbocycles. The van der Waals surface area contributed by atoms with Gasteiger partial charge in [0.25, 0.3) is 0 Å². The second-order valence-electron chi connectivity index (χ2n) is 11.4. The van der Waals surface area contributed by atoms with Crippen molar-refractivity contribution in [1.82, 2.24) is 24.3 Å². The lowest BCUT2D eigenvalue weighted by molar-refractivity contribution is 0.897. The Labute approximate surface area is 265 Å². The molecule has 0 radical (unpaired) electrons. The highest BCUT2D eigenvalue weighted by Gasteiger charge is 2.16. The first-order valence-corrected chi connectivity index (χ1v) is 15.4. The summed E-state index contributed by atoms with van der Waals surface area (Å²) in [5.74, 6) is 0.712. The summed E-state index contributed by atoms with van der Waals surface area (Å²) in [7, 11) is 0. The average Bonchev–Trinajstić information content (AvgIpc) is 3.70. The van der Waals surface area contributed by atoms with E-state index in [1.807, 2.05) is 59.3 Å². The van der Waals surface area contributed by atoms with Crippen molar-refractivity contribution >= 4 is 32.7 Å². The van der Waals surface area contributed by atoms with Gasteiger partial charge in [0.05, 0.1) is 33.6 Å². The zero-order valence-electron chi connectivity index (χ0n) is 24.8. The minimum Gasteiger partial charge on any atom is -0.309 e. The van der Waals surface area contributed by atoms with Crippen LogP contribution in [-0.4, -0.2) is 24.3 Å². The van der Waals surface area contributed by atoms with Gasteiger partial charge in [-0.2, -0.15) is 5.10 Å². The summed E-state index contributed by atoms with van der Waals surface area (Å²) in [5.41, 5.74) is 10.3. The zero-order valence-corrected chi connectivity index (χ0v) is 24.8. The summed E-state index contributed by atoms with van der Waals surface area (Å²) in [6.07, 6.45) is 2.11. The first kappa shape index (κ1) is 26.1. The molecule has 0 N–H and O–H groups in total. The van der Waals surface area contributed by atoms with Crippen molar-refractivity contribution in [3.63, 3.8) is 0 Å². The van der Waals surface area contributed by atoms with E-state index >= 15 is 0 Å². The Morgan fingerprint density at radius 1 is 0.435 bits per heavy atom. The third kappa shape index (κ3) is 4.45. The molecule has 9 aromatic rings. The van der Waals surface area contributed by atoms with E-state index in [9.17, 15) is 0 Å². The second-order valence-corrected chi connectivity index (χ2v) is 11.4. The standard InChI is InChI=1S/C41H27N5/c1-4-12-28(13-5-1)36-26-37(43-41(42-36)30-14-6-2-7-15-30)29-20-22-33(23-21-29)46-39-19-11-10-18-34(39)35-25-38-31(24-40(35)46)27-45(44-38)32-16-8-3-9-17-32/h1-27H. The number of hydrogen-bond donors (Lipinski definition) is 0. The van der Waals surface area contributed by atoms with Gasteiger partial charge in [-0.15, -0.1) is 0 Å². The smallest absolute Gasteiger partial charge is 0.160 e. The highest BCUT2D eigenvalue weighted by atomic mass is 15.3. The molecule has 0 atom stereocenters. The van der Waals surface area contributed by atoms with Crippen LogP contribution in [0.5, 0.6) is 0 Å². The summed E-state index contributed by atoms with van der Waals surface area (Å²) in [5, 5.41) is 8.40. The number of benzene rings is 6. The van der Waals surface area contributed by atoms with E-state index in [1.165, 1.54) is 10.8 Å². The molecule has 0 aliphatic heterocycles. The first-order chi connectivity index (χ1) is 22.8. The predicted molar refractivity (Wildman–Crippen MR) is 187 cm³/mol. The van der Waals surface area contributed by atoms with Crippen molar-refractivity contribution in [3.8, 4) is 45.3 Å². The van der Waals surface area contributed by atoms with Gasteiger partial charge in [0.15, 0.2) is 5.82 Å². The predicted octanol–water partition coefficient (Wildman–Crippen LogP) is 9.91. The zero-order chi connectivity index (χ0) is 30.5. The molecule has 0 aliphatic carbocycles. The van der Waals surface area contributed by atoms with Crippen LogP contribution in [-0.2, 0) is 0 Å². The van der Waals surface area contributed by atoms with E-state index in [2.05, 4.69) is 114 Å². The molecule has 216 valence electrons. The Bertz CT molecular complexity index is 2440. The summed E-state index contributed by atoms with van der Waals surface area (Å²) < 4.78 is 4.30. The minimum absolute atomic E-state index is 0.712. The third-order valence-electron chi connectivity index (χ3n) is 8.57. The van der Waals surface area contributed by atoms with E-state index in [4.69, 9.17) is 15.1 Å². The van der Waals surface area contributed by atoms with Crippen molar-refractivity contribution in [2.75, 3.05) is 0 Å². The van der Waals surface area contributed by atoms with Crippen molar-refractivity contribution < 1.29 is 0 Å². The first-order valence-electron chi connectivity index (χ1n) is 15.4. The van der Waals surface area contributed by atoms with Gasteiger partial charge in [-0.25, -0.2) is 14.6 Å². The molecular weight excluding hydrogens is 562 g/mol. The van der Waals surface area contributed by atoms with E-state index in [1.54, 1.807) is 0 Å². The Balaban J connectivity index is 1.18. The fourth-order valence-corrected chi connectivity index (χ4v) is 6.33. The lowest BCUT2D eigenvalue weighted by atomic mass is 10.1. The maximum Gasteiger partial charge on any atom is 0.160 e. The highest BCUT2D eigenvalue weighted by molar-refractivity contribution is 6.13. The number of aromatic nitrogens is 5. The Morgan fingerprint density at radius 3 is 1.76 bits per heavy atom. The number of para-hydroxylation sites is 2. The molecule has 0 unspecified atom stereocenters. The minimum atomic E-state index is 0.712. The summed E-state index contributed by atoms with van der Waals surface area (Å²) >= 11 is 0. The Morgan fingerprint density at radius 2 is 1.04 bits per heavy atom. The van der Waals surface area contributed by atoms with Crippen LogP contribution in [0, 0.1) is 0 Å². The van der Waals surface area contributed by atoms with Crippen LogP contribution in [0.25, 0.3) is 78.0 Å². The molecule has 3 aromatic heterocycles. The lowest BCUT2D eigenvalue weighted by Crippen LogP contribution is -1.97. The quantitative estimate of drug-likeness (QED) is 0.201. The van der Waals surface area contributed by atoms with Crippen molar-refractivity contribution in [1.29, 1.82) is 0 Å². The van der Waals surface area contributed by atoms with Gasteiger partial charge in [0, 0.05) is 44.7 Å². The fourth-order valence-electron chi connectivity index (χ4n) is 6.33. The molecule has 0 bridgehead atoms. The van der Waals surface area contributed by atoms with Crippen LogP contribution in [0.15, 0.2) is 164 Å². The average molecular weight is 590 g/mol. The molecule has 46 heavy (non-hydrogen) atoms. The van der Waals surface area contributed by atoms with Crippen molar-refractivity contribution in [2.24, 2.45) is 0 Å². The van der Waals surface area contributed by atoms with Gasteiger partial charge in [-0.05, 0) is 48.5 Å². The summed E-state index contributed by atoms with van der Waals surface area (Å²) in [6.45, 7) is 0. The maximum atomic E-state index is 5.03. The van der Waals surface area contributed by atoms with Crippen LogP contribution in [0.2, 0.25) is 0 Å². The fraction of sp³-hybridized carbons (Fsp3) is 0. The van der Waals surface area contributed by atoms with E-state index < -0.39 is 0 Å². The van der Waals surface area contributed by atoms with E-state index in [0.717, 1.165) is 61.4 Å². The normalized spacial score (nSPS) is 11.5. The molecule has 0 aliphatic rings. The maximum absolute atomic E-state index is 5.03.